The Balaban J connectivity index is 2.43. The Labute approximate surface area is 85.8 Å². The molecule has 1 rings (SSSR count). The Hall–Kier alpha value is -0.860. The van der Waals surface area contributed by atoms with Crippen LogP contribution in [0.25, 0.3) is 0 Å². The lowest BCUT2D eigenvalue weighted by Crippen LogP contribution is -2.24. The van der Waals surface area contributed by atoms with E-state index in [0.717, 1.165) is 19.3 Å². The van der Waals surface area contributed by atoms with Gasteiger partial charge in [0.1, 0.15) is 0 Å². The first-order chi connectivity index (χ1) is 6.76. The van der Waals surface area contributed by atoms with Crippen LogP contribution < -0.4 is 5.73 Å². The summed E-state index contributed by atoms with van der Waals surface area (Å²) in [4.78, 5) is 0. The molecule has 0 saturated heterocycles. The molecule has 78 valence electrons. The van der Waals surface area contributed by atoms with E-state index in [2.05, 4.69) is 31.2 Å². The average molecular weight is 193 g/mol. The summed E-state index contributed by atoms with van der Waals surface area (Å²) >= 11 is 0. The van der Waals surface area contributed by atoms with Crippen LogP contribution in [0.3, 0.4) is 0 Å². The van der Waals surface area contributed by atoms with Crippen molar-refractivity contribution in [2.45, 2.75) is 32.2 Å². The number of aliphatic hydroxyl groups excluding tert-OH is 1. The molecule has 0 aliphatic carbocycles. The average Bonchev–Trinajstić information content (AvgIpc) is 2.26. The van der Waals surface area contributed by atoms with Crippen LogP contribution >= 0.6 is 0 Å². The van der Waals surface area contributed by atoms with E-state index in [4.69, 9.17) is 10.8 Å². The highest BCUT2D eigenvalue weighted by Crippen LogP contribution is 2.07. The van der Waals surface area contributed by atoms with Crippen LogP contribution in [-0.2, 0) is 12.8 Å². The number of aryl methyl sites for hydroxylation is 2. The van der Waals surface area contributed by atoms with E-state index in [-0.39, 0.29) is 12.6 Å². The molecule has 1 aromatic carbocycles. The largest absolute Gasteiger partial charge is 0.395 e. The van der Waals surface area contributed by atoms with Crippen molar-refractivity contribution in [2.75, 3.05) is 6.61 Å². The fourth-order valence-electron chi connectivity index (χ4n) is 1.38. The van der Waals surface area contributed by atoms with Crippen LogP contribution in [0.2, 0.25) is 0 Å². The van der Waals surface area contributed by atoms with Crippen molar-refractivity contribution in [1.82, 2.24) is 0 Å². The van der Waals surface area contributed by atoms with Crippen LogP contribution in [0.4, 0.5) is 0 Å². The minimum atomic E-state index is -0.0825. The van der Waals surface area contributed by atoms with Crippen molar-refractivity contribution in [1.29, 1.82) is 0 Å². The van der Waals surface area contributed by atoms with E-state index in [9.17, 15) is 0 Å². The Morgan fingerprint density at radius 2 is 1.79 bits per heavy atom. The molecule has 0 aromatic heterocycles. The maximum atomic E-state index is 8.77. The Morgan fingerprint density at radius 3 is 2.29 bits per heavy atom. The predicted octanol–water partition coefficient (Wildman–Crippen LogP) is 1.50. The van der Waals surface area contributed by atoms with Crippen molar-refractivity contribution in [3.8, 4) is 0 Å². The number of aliphatic hydroxyl groups is 1. The molecule has 0 bridgehead atoms. The third-order valence-corrected chi connectivity index (χ3v) is 2.47. The van der Waals surface area contributed by atoms with Crippen molar-refractivity contribution in [3.05, 3.63) is 35.4 Å². The van der Waals surface area contributed by atoms with E-state index in [1.807, 2.05) is 0 Å². The third kappa shape index (κ3) is 3.48. The minimum absolute atomic E-state index is 0.0764. The Bertz CT molecular complexity index is 256. The highest BCUT2D eigenvalue weighted by Gasteiger charge is 2.00. The lowest BCUT2D eigenvalue weighted by atomic mass is 10.0. The monoisotopic (exact) mass is 193 g/mol. The molecular weight excluding hydrogens is 174 g/mol. The molecule has 3 N–H and O–H groups in total. The molecule has 0 heterocycles. The van der Waals surface area contributed by atoms with Gasteiger partial charge < -0.3 is 10.8 Å². The van der Waals surface area contributed by atoms with Crippen LogP contribution in [-0.4, -0.2) is 17.8 Å². The van der Waals surface area contributed by atoms with Gasteiger partial charge in [-0.3, -0.25) is 0 Å². The Kier molecular flexibility index (Phi) is 4.63. The number of benzene rings is 1. The van der Waals surface area contributed by atoms with Crippen molar-refractivity contribution in [2.24, 2.45) is 5.73 Å². The van der Waals surface area contributed by atoms with E-state index >= 15 is 0 Å². The maximum Gasteiger partial charge on any atom is 0.0582 e. The summed E-state index contributed by atoms with van der Waals surface area (Å²) in [5.74, 6) is 0. The van der Waals surface area contributed by atoms with Gasteiger partial charge in [-0.1, -0.05) is 31.2 Å². The SMILES string of the molecule is CCc1ccc(CCC(N)CO)cc1. The van der Waals surface area contributed by atoms with Crippen molar-refractivity contribution in [3.63, 3.8) is 0 Å². The number of rotatable bonds is 5. The molecule has 1 atom stereocenters. The highest BCUT2D eigenvalue weighted by molar-refractivity contribution is 5.22. The fraction of sp³-hybridized carbons (Fsp3) is 0.500. The smallest absolute Gasteiger partial charge is 0.0582 e. The molecule has 14 heavy (non-hydrogen) atoms. The molecule has 1 aromatic rings. The molecule has 0 aliphatic rings. The summed E-state index contributed by atoms with van der Waals surface area (Å²) in [5.41, 5.74) is 8.29. The first-order valence-corrected chi connectivity index (χ1v) is 5.20. The lowest BCUT2D eigenvalue weighted by molar-refractivity contribution is 0.260. The molecule has 0 fully saturated rings. The van der Waals surface area contributed by atoms with Gasteiger partial charge in [-0.2, -0.15) is 0 Å². The van der Waals surface area contributed by atoms with E-state index < -0.39 is 0 Å². The van der Waals surface area contributed by atoms with E-state index in [1.54, 1.807) is 0 Å². The molecule has 0 radical (unpaired) electrons. The molecule has 0 amide bonds. The van der Waals surface area contributed by atoms with Crippen LogP contribution in [0.1, 0.15) is 24.5 Å². The first-order valence-electron chi connectivity index (χ1n) is 5.20. The van der Waals surface area contributed by atoms with E-state index in [0.29, 0.717) is 0 Å². The zero-order valence-corrected chi connectivity index (χ0v) is 8.74. The summed E-state index contributed by atoms with van der Waals surface area (Å²) in [6, 6.07) is 8.51. The molecule has 0 aliphatic heterocycles. The standard InChI is InChI=1S/C12H19NO/c1-2-10-3-5-11(6-4-10)7-8-12(13)9-14/h3-6,12,14H,2,7-9,13H2,1H3. The Morgan fingerprint density at radius 1 is 1.21 bits per heavy atom. The van der Waals surface area contributed by atoms with Crippen LogP contribution in [0.5, 0.6) is 0 Å². The molecular formula is C12H19NO. The number of nitrogens with two attached hydrogens (primary N) is 1. The minimum Gasteiger partial charge on any atom is -0.395 e. The number of hydrogen-bond acceptors (Lipinski definition) is 2. The van der Waals surface area contributed by atoms with Gasteiger partial charge >= 0.3 is 0 Å². The van der Waals surface area contributed by atoms with Gasteiger partial charge in [0, 0.05) is 6.04 Å². The second-order valence-electron chi connectivity index (χ2n) is 3.65. The molecule has 1 unspecified atom stereocenters. The number of hydrogen-bond donors (Lipinski definition) is 2. The fourth-order valence-corrected chi connectivity index (χ4v) is 1.38. The second kappa shape index (κ2) is 5.78. The third-order valence-electron chi connectivity index (χ3n) is 2.47. The van der Waals surface area contributed by atoms with Gasteiger partial charge in [0.25, 0.3) is 0 Å². The molecule has 2 heteroatoms. The van der Waals surface area contributed by atoms with Gasteiger partial charge in [-0.05, 0) is 30.4 Å². The summed E-state index contributed by atoms with van der Waals surface area (Å²) in [7, 11) is 0. The summed E-state index contributed by atoms with van der Waals surface area (Å²) in [5, 5.41) is 8.77. The lowest BCUT2D eigenvalue weighted by Gasteiger charge is -2.07. The van der Waals surface area contributed by atoms with Crippen molar-refractivity contribution < 1.29 is 5.11 Å². The molecule has 2 nitrogen and oxygen atoms in total. The summed E-state index contributed by atoms with van der Waals surface area (Å²) in [6.07, 6.45) is 2.88. The van der Waals surface area contributed by atoms with Gasteiger partial charge in [0.15, 0.2) is 0 Å². The van der Waals surface area contributed by atoms with Gasteiger partial charge in [0.2, 0.25) is 0 Å². The molecule has 0 saturated carbocycles. The van der Waals surface area contributed by atoms with Gasteiger partial charge in [0.05, 0.1) is 6.61 Å². The van der Waals surface area contributed by atoms with Crippen LogP contribution in [0.15, 0.2) is 24.3 Å². The van der Waals surface area contributed by atoms with Crippen LogP contribution in [0, 0.1) is 0 Å². The zero-order valence-electron chi connectivity index (χ0n) is 8.74. The van der Waals surface area contributed by atoms with Crippen molar-refractivity contribution >= 4 is 0 Å². The summed E-state index contributed by atoms with van der Waals surface area (Å²) in [6.45, 7) is 2.23. The van der Waals surface area contributed by atoms with Gasteiger partial charge in [-0.25, -0.2) is 0 Å². The predicted molar refractivity (Wildman–Crippen MR) is 59.2 cm³/mol. The van der Waals surface area contributed by atoms with E-state index in [1.165, 1.54) is 11.1 Å². The molecule has 0 spiro atoms. The normalized spacial score (nSPS) is 12.8. The topological polar surface area (TPSA) is 46.2 Å². The zero-order chi connectivity index (χ0) is 10.4. The van der Waals surface area contributed by atoms with Gasteiger partial charge in [-0.15, -0.1) is 0 Å². The highest BCUT2D eigenvalue weighted by atomic mass is 16.3. The summed E-state index contributed by atoms with van der Waals surface area (Å²) < 4.78 is 0. The second-order valence-corrected chi connectivity index (χ2v) is 3.65. The first kappa shape index (κ1) is 11.2. The quantitative estimate of drug-likeness (QED) is 0.744. The maximum absolute atomic E-state index is 8.77.